The highest BCUT2D eigenvalue weighted by molar-refractivity contribution is 5.71. The highest BCUT2D eigenvalue weighted by atomic mass is 16.3. The van der Waals surface area contributed by atoms with Gasteiger partial charge in [-0.15, -0.1) is 0 Å². The first-order chi connectivity index (χ1) is 14.6. The van der Waals surface area contributed by atoms with Gasteiger partial charge < -0.3 is 21.3 Å². The molecule has 4 fully saturated rings. The fourth-order valence-corrected chi connectivity index (χ4v) is 9.56. The highest BCUT2D eigenvalue weighted by Crippen LogP contribution is 2.69. The van der Waals surface area contributed by atoms with Crippen LogP contribution in [0.3, 0.4) is 0 Å². The second kappa shape index (κ2) is 8.52. The largest absolute Gasteiger partial charge is 0.393 e. The summed E-state index contributed by atoms with van der Waals surface area (Å²) in [7, 11) is 0. The molecule has 3 unspecified atom stereocenters. The van der Waals surface area contributed by atoms with Crippen LogP contribution in [-0.2, 0) is 0 Å². The third-order valence-corrected chi connectivity index (χ3v) is 11.0. The van der Waals surface area contributed by atoms with E-state index in [0.29, 0.717) is 48.0 Å². The van der Waals surface area contributed by atoms with Crippen LogP contribution in [0.15, 0.2) is 0 Å². The first kappa shape index (κ1) is 23.4. The van der Waals surface area contributed by atoms with Crippen molar-refractivity contribution in [1.82, 2.24) is 5.32 Å². The molecule has 0 aromatic carbocycles. The van der Waals surface area contributed by atoms with Gasteiger partial charge in [-0.2, -0.15) is 0 Å². The Morgan fingerprint density at radius 1 is 1.06 bits per heavy atom. The van der Waals surface area contributed by atoms with Crippen molar-refractivity contribution in [2.75, 3.05) is 6.54 Å². The van der Waals surface area contributed by atoms with Gasteiger partial charge in [-0.1, -0.05) is 34.1 Å². The molecule has 0 saturated heterocycles. The van der Waals surface area contributed by atoms with Gasteiger partial charge >= 0.3 is 6.03 Å². The molecular formula is C26H46N2O3. The van der Waals surface area contributed by atoms with Crippen LogP contribution in [-0.4, -0.2) is 35.0 Å². The minimum atomic E-state index is -0.431. The molecule has 0 aliphatic heterocycles. The average molecular weight is 435 g/mol. The summed E-state index contributed by atoms with van der Waals surface area (Å²) < 4.78 is 0. The standard InChI is InChI=1S/C26H46N2O3/c1-5-17-21-14-16(29)8-11-26(21,4)20-9-12-25(3)18(15(2)10-13-28-24(27)31)6-7-19(25)22(20)23(17)30/h15-23,29-30H,5-14H2,1-4H3,(H3,27,28,31)/t15-,16-,17-,18-,19+,20+,21?,22?,23-,25-,26?/m1/s1. The predicted octanol–water partition coefficient (Wildman–Crippen LogP) is 4.31. The molecule has 0 aromatic rings. The Balaban J connectivity index is 1.57. The molecule has 178 valence electrons. The second-order valence-electron chi connectivity index (χ2n) is 12.2. The second-order valence-corrected chi connectivity index (χ2v) is 12.2. The SMILES string of the molecule is CC[C@@H]1C2C[C@H](O)CCC2(C)[C@H]2CC[C@]3(C)[C@@H]([C@H](C)CCNC(N)=O)CC[C@H]3C2[C@@H]1O. The topological polar surface area (TPSA) is 95.6 Å². The molecule has 0 bridgehead atoms. The molecular weight excluding hydrogens is 388 g/mol. The maximum atomic E-state index is 11.7. The van der Waals surface area contributed by atoms with E-state index < -0.39 is 6.03 Å². The van der Waals surface area contributed by atoms with Crippen molar-refractivity contribution in [1.29, 1.82) is 0 Å². The lowest BCUT2D eigenvalue weighted by molar-refractivity contribution is -0.203. The highest BCUT2D eigenvalue weighted by Gasteiger charge is 2.64. The zero-order chi connectivity index (χ0) is 22.6. The van der Waals surface area contributed by atoms with Gasteiger partial charge in [0, 0.05) is 6.54 Å². The van der Waals surface area contributed by atoms with E-state index in [2.05, 4.69) is 33.0 Å². The van der Waals surface area contributed by atoms with Crippen molar-refractivity contribution in [3.05, 3.63) is 0 Å². The van der Waals surface area contributed by atoms with Crippen molar-refractivity contribution < 1.29 is 15.0 Å². The molecule has 4 saturated carbocycles. The fourth-order valence-electron chi connectivity index (χ4n) is 9.56. The molecule has 5 heteroatoms. The lowest BCUT2D eigenvalue weighted by Gasteiger charge is -2.64. The summed E-state index contributed by atoms with van der Waals surface area (Å²) in [4.78, 5) is 11.1. The van der Waals surface area contributed by atoms with Gasteiger partial charge in [0.05, 0.1) is 12.2 Å². The quantitative estimate of drug-likeness (QED) is 0.519. The number of hydrogen-bond acceptors (Lipinski definition) is 3. The Morgan fingerprint density at radius 3 is 2.42 bits per heavy atom. The zero-order valence-electron chi connectivity index (χ0n) is 20.1. The molecule has 0 heterocycles. The summed E-state index contributed by atoms with van der Waals surface area (Å²) in [6.07, 6.45) is 9.44. The van der Waals surface area contributed by atoms with Crippen LogP contribution in [0.25, 0.3) is 0 Å². The number of nitrogens with one attached hydrogen (secondary N) is 1. The van der Waals surface area contributed by atoms with Crippen molar-refractivity contribution >= 4 is 6.03 Å². The summed E-state index contributed by atoms with van der Waals surface area (Å²) in [5.41, 5.74) is 5.81. The molecule has 0 aromatic heterocycles. The monoisotopic (exact) mass is 434 g/mol. The van der Waals surface area contributed by atoms with E-state index in [0.717, 1.165) is 32.1 Å². The molecule has 0 spiro atoms. The Bertz CT molecular complexity index is 671. The third kappa shape index (κ3) is 3.72. The predicted molar refractivity (Wildman–Crippen MR) is 123 cm³/mol. The Morgan fingerprint density at radius 2 is 1.74 bits per heavy atom. The number of hydrogen-bond donors (Lipinski definition) is 4. The number of nitrogens with two attached hydrogens (primary N) is 1. The number of carbonyl (C=O) groups excluding carboxylic acids is 1. The van der Waals surface area contributed by atoms with Crippen LogP contribution in [0.5, 0.6) is 0 Å². The molecule has 4 aliphatic carbocycles. The fraction of sp³-hybridized carbons (Fsp3) is 0.962. The van der Waals surface area contributed by atoms with Crippen LogP contribution in [0, 0.1) is 52.3 Å². The van der Waals surface area contributed by atoms with E-state index in [1.165, 1.54) is 25.7 Å². The Hall–Kier alpha value is -0.810. The molecule has 31 heavy (non-hydrogen) atoms. The minimum Gasteiger partial charge on any atom is -0.393 e. The number of fused-ring (bicyclic) bond motifs is 5. The van der Waals surface area contributed by atoms with E-state index in [1.54, 1.807) is 0 Å². The Kier molecular flexibility index (Phi) is 6.42. The minimum absolute atomic E-state index is 0.185. The summed E-state index contributed by atoms with van der Waals surface area (Å²) in [5.74, 6) is 3.56. The van der Waals surface area contributed by atoms with Gasteiger partial charge in [0.1, 0.15) is 0 Å². The zero-order valence-corrected chi connectivity index (χ0v) is 20.1. The van der Waals surface area contributed by atoms with Gasteiger partial charge in [0.2, 0.25) is 0 Å². The first-order valence-electron chi connectivity index (χ1n) is 13.0. The van der Waals surface area contributed by atoms with Crippen LogP contribution in [0.1, 0.15) is 85.5 Å². The molecule has 2 amide bonds. The average Bonchev–Trinajstić information content (AvgIpc) is 3.06. The number of urea groups is 1. The van der Waals surface area contributed by atoms with Crippen molar-refractivity contribution in [3.8, 4) is 0 Å². The Labute approximate surface area is 188 Å². The summed E-state index contributed by atoms with van der Waals surface area (Å²) in [6.45, 7) is 10.3. The number of aliphatic hydroxyl groups excluding tert-OH is 2. The maximum absolute atomic E-state index is 11.7. The van der Waals surface area contributed by atoms with E-state index in [1.807, 2.05) is 0 Å². The molecule has 5 N–H and O–H groups in total. The molecule has 4 rings (SSSR count). The summed E-state index contributed by atoms with van der Waals surface area (Å²) in [6, 6.07) is -0.431. The van der Waals surface area contributed by atoms with Crippen LogP contribution < -0.4 is 11.1 Å². The lowest BCUT2D eigenvalue weighted by atomic mass is 9.41. The van der Waals surface area contributed by atoms with E-state index in [9.17, 15) is 15.0 Å². The van der Waals surface area contributed by atoms with E-state index in [4.69, 9.17) is 5.73 Å². The van der Waals surface area contributed by atoms with E-state index >= 15 is 0 Å². The van der Waals surface area contributed by atoms with Crippen molar-refractivity contribution in [3.63, 3.8) is 0 Å². The summed E-state index contributed by atoms with van der Waals surface area (Å²) >= 11 is 0. The third-order valence-electron chi connectivity index (χ3n) is 11.0. The lowest BCUT2D eigenvalue weighted by Crippen LogP contribution is -2.62. The molecule has 11 atom stereocenters. The van der Waals surface area contributed by atoms with E-state index in [-0.39, 0.29) is 23.0 Å². The molecule has 5 nitrogen and oxygen atoms in total. The van der Waals surface area contributed by atoms with Gasteiger partial charge in [-0.05, 0) is 104 Å². The first-order valence-corrected chi connectivity index (χ1v) is 13.0. The van der Waals surface area contributed by atoms with Gasteiger partial charge in [0.25, 0.3) is 0 Å². The van der Waals surface area contributed by atoms with Crippen LogP contribution in [0.4, 0.5) is 4.79 Å². The number of primary amides is 1. The van der Waals surface area contributed by atoms with Gasteiger partial charge in [0.15, 0.2) is 0 Å². The molecule has 4 aliphatic rings. The normalized spacial score (nSPS) is 50.1. The van der Waals surface area contributed by atoms with Crippen LogP contribution in [0.2, 0.25) is 0 Å². The maximum Gasteiger partial charge on any atom is 0.312 e. The van der Waals surface area contributed by atoms with Gasteiger partial charge in [-0.25, -0.2) is 4.79 Å². The number of aliphatic hydroxyl groups is 2. The van der Waals surface area contributed by atoms with Crippen molar-refractivity contribution in [2.45, 2.75) is 97.7 Å². The van der Waals surface area contributed by atoms with Gasteiger partial charge in [-0.3, -0.25) is 0 Å². The smallest absolute Gasteiger partial charge is 0.312 e. The summed E-state index contributed by atoms with van der Waals surface area (Å²) in [5, 5.41) is 25.0. The molecule has 0 radical (unpaired) electrons. The number of amides is 2. The number of rotatable bonds is 5. The van der Waals surface area contributed by atoms with Crippen molar-refractivity contribution in [2.24, 2.45) is 58.0 Å². The van der Waals surface area contributed by atoms with Crippen LogP contribution >= 0.6 is 0 Å². The number of carbonyl (C=O) groups is 1.